The van der Waals surface area contributed by atoms with E-state index in [1.54, 1.807) is 22.9 Å². The molecule has 7 nitrogen and oxygen atoms in total. The van der Waals surface area contributed by atoms with Gasteiger partial charge in [-0.25, -0.2) is 4.98 Å². The standard InChI is InChI=1S/C21H20N4O3S/c1-3-27-16-10-7-11-17-20(16)23-21(29-17)25-18(12-14(2)24-25)22-19(26)13-28-15-8-5-4-6-9-15/h4-12H,3,13H2,1-2H3,(H,22,26). The second kappa shape index (κ2) is 8.32. The minimum absolute atomic E-state index is 0.0947. The number of thiazole rings is 1. The molecular formula is C21H20N4O3S. The minimum Gasteiger partial charge on any atom is -0.492 e. The van der Waals surface area contributed by atoms with Crippen LogP contribution < -0.4 is 14.8 Å². The summed E-state index contributed by atoms with van der Waals surface area (Å²) in [6.45, 7) is 4.28. The topological polar surface area (TPSA) is 78.3 Å². The summed E-state index contributed by atoms with van der Waals surface area (Å²) in [5.74, 6) is 1.65. The molecule has 1 N–H and O–H groups in total. The van der Waals surface area contributed by atoms with E-state index in [-0.39, 0.29) is 12.5 Å². The minimum atomic E-state index is -0.272. The van der Waals surface area contributed by atoms with E-state index in [1.807, 2.05) is 50.2 Å². The molecular weight excluding hydrogens is 388 g/mol. The number of hydrogen-bond donors (Lipinski definition) is 1. The smallest absolute Gasteiger partial charge is 0.263 e. The van der Waals surface area contributed by atoms with Gasteiger partial charge in [0.1, 0.15) is 22.8 Å². The average molecular weight is 408 g/mol. The van der Waals surface area contributed by atoms with Gasteiger partial charge >= 0.3 is 0 Å². The second-order valence-corrected chi connectivity index (χ2v) is 7.27. The molecule has 0 saturated heterocycles. The number of nitrogens with zero attached hydrogens (tertiary/aromatic N) is 3. The number of ether oxygens (including phenoxy) is 2. The number of fused-ring (bicyclic) bond motifs is 1. The number of aryl methyl sites for hydroxylation is 1. The number of hydrogen-bond acceptors (Lipinski definition) is 6. The first-order valence-corrected chi connectivity index (χ1v) is 10.0. The monoisotopic (exact) mass is 408 g/mol. The van der Waals surface area contributed by atoms with Crippen LogP contribution in [0.2, 0.25) is 0 Å². The molecule has 0 spiro atoms. The van der Waals surface area contributed by atoms with E-state index >= 15 is 0 Å². The van der Waals surface area contributed by atoms with Crippen molar-refractivity contribution in [3.63, 3.8) is 0 Å². The zero-order valence-corrected chi connectivity index (χ0v) is 16.9. The normalized spacial score (nSPS) is 10.8. The Hall–Kier alpha value is -3.39. The summed E-state index contributed by atoms with van der Waals surface area (Å²) in [5.41, 5.74) is 1.56. The van der Waals surface area contributed by atoms with Gasteiger partial charge in [0.15, 0.2) is 6.61 Å². The molecule has 148 valence electrons. The van der Waals surface area contributed by atoms with Crippen molar-refractivity contribution in [2.24, 2.45) is 0 Å². The maximum atomic E-state index is 12.4. The van der Waals surface area contributed by atoms with Gasteiger partial charge < -0.3 is 14.8 Å². The third-order valence-corrected chi connectivity index (χ3v) is 5.06. The number of amides is 1. The maximum Gasteiger partial charge on any atom is 0.263 e. The maximum absolute atomic E-state index is 12.4. The molecule has 0 aliphatic rings. The van der Waals surface area contributed by atoms with Crippen molar-refractivity contribution < 1.29 is 14.3 Å². The van der Waals surface area contributed by atoms with Crippen molar-refractivity contribution in [3.05, 3.63) is 60.3 Å². The molecule has 0 fully saturated rings. The molecule has 0 aliphatic carbocycles. The molecule has 2 heterocycles. The molecule has 0 aliphatic heterocycles. The number of aromatic nitrogens is 3. The summed E-state index contributed by atoms with van der Waals surface area (Å²) >= 11 is 1.48. The fraction of sp³-hybridized carbons (Fsp3) is 0.190. The third kappa shape index (κ3) is 4.22. The lowest BCUT2D eigenvalue weighted by Crippen LogP contribution is -2.21. The summed E-state index contributed by atoms with van der Waals surface area (Å²) in [6.07, 6.45) is 0. The van der Waals surface area contributed by atoms with E-state index in [0.717, 1.165) is 21.7 Å². The number of benzene rings is 2. The fourth-order valence-corrected chi connectivity index (χ4v) is 3.80. The van der Waals surface area contributed by atoms with Gasteiger partial charge in [-0.15, -0.1) is 0 Å². The molecule has 0 atom stereocenters. The van der Waals surface area contributed by atoms with Crippen LogP contribution in [0.15, 0.2) is 54.6 Å². The average Bonchev–Trinajstić information content (AvgIpc) is 3.31. The predicted molar refractivity (Wildman–Crippen MR) is 113 cm³/mol. The first-order valence-electron chi connectivity index (χ1n) is 9.21. The van der Waals surface area contributed by atoms with Crippen LogP contribution in [-0.4, -0.2) is 33.9 Å². The van der Waals surface area contributed by atoms with Gasteiger partial charge in [0.05, 0.1) is 17.0 Å². The molecule has 0 saturated carbocycles. The van der Waals surface area contributed by atoms with Crippen molar-refractivity contribution in [2.75, 3.05) is 18.5 Å². The lowest BCUT2D eigenvalue weighted by molar-refractivity contribution is -0.118. The molecule has 1 amide bonds. The van der Waals surface area contributed by atoms with Crippen molar-refractivity contribution in [3.8, 4) is 16.6 Å². The molecule has 2 aromatic carbocycles. The molecule has 0 bridgehead atoms. The van der Waals surface area contributed by atoms with Crippen LogP contribution in [0.25, 0.3) is 15.3 Å². The Morgan fingerprint density at radius 1 is 1.14 bits per heavy atom. The number of carbonyl (C=O) groups excluding carboxylic acids is 1. The Bertz CT molecular complexity index is 1140. The lowest BCUT2D eigenvalue weighted by atomic mass is 10.3. The van der Waals surface area contributed by atoms with Crippen LogP contribution in [-0.2, 0) is 4.79 Å². The number of nitrogens with one attached hydrogen (secondary N) is 1. The van der Waals surface area contributed by atoms with E-state index in [4.69, 9.17) is 9.47 Å². The second-order valence-electron chi connectivity index (χ2n) is 6.27. The van der Waals surface area contributed by atoms with Gasteiger partial charge in [-0.1, -0.05) is 35.6 Å². The fourth-order valence-electron chi connectivity index (χ4n) is 2.85. The van der Waals surface area contributed by atoms with Gasteiger partial charge in [0, 0.05) is 6.07 Å². The largest absolute Gasteiger partial charge is 0.492 e. The van der Waals surface area contributed by atoms with Crippen molar-refractivity contribution >= 4 is 33.3 Å². The Balaban J connectivity index is 1.56. The third-order valence-electron chi connectivity index (χ3n) is 4.06. The van der Waals surface area contributed by atoms with Crippen molar-refractivity contribution in [1.29, 1.82) is 0 Å². The number of rotatable bonds is 7. The summed E-state index contributed by atoms with van der Waals surface area (Å²) in [6, 6.07) is 16.8. The summed E-state index contributed by atoms with van der Waals surface area (Å²) in [7, 11) is 0. The summed E-state index contributed by atoms with van der Waals surface area (Å²) in [4.78, 5) is 17.1. The summed E-state index contributed by atoms with van der Waals surface area (Å²) < 4.78 is 13.8. The van der Waals surface area contributed by atoms with Gasteiger partial charge in [-0.2, -0.15) is 9.78 Å². The molecule has 0 radical (unpaired) electrons. The van der Waals surface area contributed by atoms with Crippen LogP contribution in [0.3, 0.4) is 0 Å². The van der Waals surface area contributed by atoms with Gasteiger partial charge in [0.2, 0.25) is 5.13 Å². The first kappa shape index (κ1) is 18.9. The SMILES string of the molecule is CCOc1cccc2sc(-n3nc(C)cc3NC(=O)COc3ccccc3)nc12. The van der Waals surface area contributed by atoms with Crippen LogP contribution in [0, 0.1) is 6.92 Å². The van der Waals surface area contributed by atoms with E-state index in [1.165, 1.54) is 11.3 Å². The highest BCUT2D eigenvalue weighted by atomic mass is 32.1. The van der Waals surface area contributed by atoms with Crippen molar-refractivity contribution in [1.82, 2.24) is 14.8 Å². The number of carbonyl (C=O) groups is 1. The zero-order valence-electron chi connectivity index (χ0n) is 16.1. The van der Waals surface area contributed by atoms with E-state index < -0.39 is 0 Å². The summed E-state index contributed by atoms with van der Waals surface area (Å²) in [5, 5.41) is 8.00. The van der Waals surface area contributed by atoms with Crippen molar-refractivity contribution in [2.45, 2.75) is 13.8 Å². The van der Waals surface area contributed by atoms with Crippen LogP contribution >= 0.6 is 11.3 Å². The molecule has 2 aromatic heterocycles. The predicted octanol–water partition coefficient (Wildman–Crippen LogP) is 4.21. The van der Waals surface area contributed by atoms with E-state index in [9.17, 15) is 4.79 Å². The number of anilines is 1. The van der Waals surface area contributed by atoms with E-state index in [2.05, 4.69) is 15.4 Å². The van der Waals surface area contributed by atoms with Gasteiger partial charge in [0.25, 0.3) is 5.91 Å². The van der Waals surface area contributed by atoms with Gasteiger partial charge in [-0.3, -0.25) is 4.79 Å². The lowest BCUT2D eigenvalue weighted by Gasteiger charge is -2.08. The first-order chi connectivity index (χ1) is 14.1. The molecule has 0 unspecified atom stereocenters. The Labute approximate surface area is 171 Å². The molecule has 8 heteroatoms. The van der Waals surface area contributed by atoms with Gasteiger partial charge in [-0.05, 0) is 38.1 Å². The van der Waals surface area contributed by atoms with E-state index in [0.29, 0.717) is 23.3 Å². The zero-order chi connectivity index (χ0) is 20.2. The van der Waals surface area contributed by atoms with Crippen LogP contribution in [0.4, 0.5) is 5.82 Å². The van der Waals surface area contributed by atoms with Crippen LogP contribution in [0.1, 0.15) is 12.6 Å². The molecule has 4 rings (SSSR count). The highest BCUT2D eigenvalue weighted by Crippen LogP contribution is 2.32. The Morgan fingerprint density at radius 2 is 1.97 bits per heavy atom. The molecule has 4 aromatic rings. The van der Waals surface area contributed by atoms with Crippen LogP contribution in [0.5, 0.6) is 11.5 Å². The highest BCUT2D eigenvalue weighted by molar-refractivity contribution is 7.20. The quantitative estimate of drug-likeness (QED) is 0.496. The molecule has 29 heavy (non-hydrogen) atoms. The number of para-hydroxylation sites is 2. The Kier molecular flexibility index (Phi) is 5.44. The Morgan fingerprint density at radius 3 is 2.76 bits per heavy atom. The highest BCUT2D eigenvalue weighted by Gasteiger charge is 2.16.